The lowest BCUT2D eigenvalue weighted by molar-refractivity contribution is 0.0556. The van der Waals surface area contributed by atoms with Gasteiger partial charge < -0.3 is 24.8 Å². The highest BCUT2D eigenvalue weighted by atomic mass is 16.6. The molecule has 6 rings (SSSR count). The van der Waals surface area contributed by atoms with Gasteiger partial charge in [0.1, 0.15) is 5.82 Å². The molecule has 9 nitrogen and oxygen atoms in total. The van der Waals surface area contributed by atoms with E-state index in [9.17, 15) is 14.4 Å². The highest BCUT2D eigenvalue weighted by Gasteiger charge is 2.37. The predicted octanol–water partition coefficient (Wildman–Crippen LogP) is 5.06. The summed E-state index contributed by atoms with van der Waals surface area (Å²) in [5.41, 5.74) is 5.07. The number of hydrogen-bond donors (Lipinski definition) is 2. The minimum atomic E-state index is -0.323. The van der Waals surface area contributed by atoms with Crippen molar-refractivity contribution in [3.05, 3.63) is 83.4 Å². The Morgan fingerprint density at radius 3 is 2.54 bits per heavy atom. The molecule has 2 aliphatic heterocycles. The average Bonchev–Trinajstić information content (AvgIpc) is 3.55. The number of aromatic amines is 1. The van der Waals surface area contributed by atoms with E-state index in [0.29, 0.717) is 55.9 Å². The van der Waals surface area contributed by atoms with Gasteiger partial charge in [0.15, 0.2) is 0 Å². The van der Waals surface area contributed by atoms with E-state index in [-0.39, 0.29) is 23.9 Å². The maximum Gasteiger partial charge on any atom is 0.409 e. The van der Waals surface area contributed by atoms with E-state index in [0.717, 1.165) is 28.0 Å². The first-order valence-electron chi connectivity index (χ1n) is 13.2. The minimum absolute atomic E-state index is 0.0114. The Balaban J connectivity index is 1.14. The maximum absolute atomic E-state index is 13.5. The lowest BCUT2D eigenvalue weighted by atomic mass is 10.0. The van der Waals surface area contributed by atoms with Crippen LogP contribution in [0.2, 0.25) is 0 Å². The summed E-state index contributed by atoms with van der Waals surface area (Å²) in [6.45, 7) is 3.68. The van der Waals surface area contributed by atoms with E-state index in [2.05, 4.69) is 15.3 Å². The molecule has 198 valence electrons. The molecule has 4 aromatic rings. The van der Waals surface area contributed by atoms with Gasteiger partial charge in [0.2, 0.25) is 0 Å². The molecule has 0 atom stereocenters. The molecular weight excluding hydrogens is 494 g/mol. The molecule has 39 heavy (non-hydrogen) atoms. The number of ether oxygens (including phenoxy) is 1. The van der Waals surface area contributed by atoms with Crippen LogP contribution in [0, 0.1) is 0 Å². The summed E-state index contributed by atoms with van der Waals surface area (Å²) in [6, 6.07) is 20.7. The Hall–Kier alpha value is -4.66. The van der Waals surface area contributed by atoms with Crippen LogP contribution in [0.25, 0.3) is 22.4 Å². The standard InChI is InChI=1S/C30H29N5O4/c1-2-39-30(38)34-16-14-22(15-17-34)35-18-20-6-5-7-23(26(20)29(35)37)28(36)31-21-12-10-19(11-13-21)27-32-24-8-3-4-9-25(24)33-27/h3-13,22H,2,14-18H2,1H3,(H,31,36)(H,32,33). The van der Waals surface area contributed by atoms with Crippen LogP contribution in [-0.4, -0.2) is 63.4 Å². The summed E-state index contributed by atoms with van der Waals surface area (Å²) in [7, 11) is 0. The van der Waals surface area contributed by atoms with Gasteiger partial charge in [0, 0.05) is 36.9 Å². The van der Waals surface area contributed by atoms with E-state index in [4.69, 9.17) is 4.74 Å². The number of benzene rings is 3. The molecule has 3 amide bonds. The average molecular weight is 524 g/mol. The molecule has 0 radical (unpaired) electrons. The van der Waals surface area contributed by atoms with Crippen LogP contribution >= 0.6 is 0 Å². The van der Waals surface area contributed by atoms with Gasteiger partial charge >= 0.3 is 6.09 Å². The Bertz CT molecular complexity index is 1520. The fraction of sp³-hybridized carbons (Fsp3) is 0.267. The van der Waals surface area contributed by atoms with Crippen molar-refractivity contribution in [2.75, 3.05) is 25.0 Å². The zero-order valence-corrected chi connectivity index (χ0v) is 21.6. The number of imidazole rings is 1. The second kappa shape index (κ2) is 10.2. The molecule has 1 saturated heterocycles. The molecule has 2 N–H and O–H groups in total. The van der Waals surface area contributed by atoms with Gasteiger partial charge in [0.05, 0.1) is 28.8 Å². The second-order valence-electron chi connectivity index (χ2n) is 9.82. The number of hydrogen-bond acceptors (Lipinski definition) is 5. The van der Waals surface area contributed by atoms with Crippen LogP contribution in [0.3, 0.4) is 0 Å². The van der Waals surface area contributed by atoms with Gasteiger partial charge in [-0.1, -0.05) is 24.3 Å². The number of fused-ring (bicyclic) bond motifs is 2. The van der Waals surface area contributed by atoms with Gasteiger partial charge in [-0.25, -0.2) is 9.78 Å². The summed E-state index contributed by atoms with van der Waals surface area (Å²) in [4.78, 5) is 50.3. The van der Waals surface area contributed by atoms with Crippen molar-refractivity contribution in [1.29, 1.82) is 0 Å². The first kappa shape index (κ1) is 24.7. The SMILES string of the molecule is CCOC(=O)N1CCC(N2Cc3cccc(C(=O)Nc4ccc(-c5nc6ccccc6[nH]5)cc4)c3C2=O)CC1. The third-order valence-electron chi connectivity index (χ3n) is 7.45. The van der Waals surface area contributed by atoms with Crippen molar-refractivity contribution in [3.63, 3.8) is 0 Å². The molecule has 0 aliphatic carbocycles. The second-order valence-corrected chi connectivity index (χ2v) is 9.82. The van der Waals surface area contributed by atoms with E-state index in [1.807, 2.05) is 65.6 Å². The van der Waals surface area contributed by atoms with Gasteiger partial charge in [-0.3, -0.25) is 9.59 Å². The Labute approximate surface area is 225 Å². The van der Waals surface area contributed by atoms with Crippen molar-refractivity contribution < 1.29 is 19.1 Å². The predicted molar refractivity (Wildman–Crippen MR) is 147 cm³/mol. The number of nitrogens with zero attached hydrogens (tertiary/aromatic N) is 3. The molecule has 3 aromatic carbocycles. The largest absolute Gasteiger partial charge is 0.450 e. The quantitative estimate of drug-likeness (QED) is 0.380. The number of nitrogens with one attached hydrogen (secondary N) is 2. The van der Waals surface area contributed by atoms with Gasteiger partial charge in [0.25, 0.3) is 11.8 Å². The number of carbonyl (C=O) groups is 3. The molecule has 3 heterocycles. The summed E-state index contributed by atoms with van der Waals surface area (Å²) in [5, 5.41) is 2.94. The van der Waals surface area contributed by atoms with Crippen molar-refractivity contribution in [2.45, 2.75) is 32.4 Å². The molecule has 0 unspecified atom stereocenters. The number of aromatic nitrogens is 2. The van der Waals surface area contributed by atoms with E-state index < -0.39 is 0 Å². The smallest absolute Gasteiger partial charge is 0.409 e. The van der Waals surface area contributed by atoms with Crippen molar-refractivity contribution in [3.8, 4) is 11.4 Å². The number of piperidine rings is 1. The molecule has 0 bridgehead atoms. The number of amides is 3. The van der Waals surface area contributed by atoms with Gasteiger partial charge in [-0.2, -0.15) is 0 Å². The summed E-state index contributed by atoms with van der Waals surface area (Å²) in [6.07, 6.45) is 1.05. The first-order chi connectivity index (χ1) is 19.0. The van der Waals surface area contributed by atoms with Crippen LogP contribution in [0.5, 0.6) is 0 Å². The van der Waals surface area contributed by atoms with Crippen LogP contribution in [-0.2, 0) is 11.3 Å². The molecule has 2 aliphatic rings. The zero-order chi connectivity index (χ0) is 26.9. The van der Waals surface area contributed by atoms with Crippen LogP contribution in [0.15, 0.2) is 66.7 Å². The normalized spacial score (nSPS) is 15.5. The van der Waals surface area contributed by atoms with Crippen LogP contribution in [0.1, 0.15) is 46.0 Å². The fourth-order valence-electron chi connectivity index (χ4n) is 5.44. The van der Waals surface area contributed by atoms with Crippen molar-refractivity contribution in [1.82, 2.24) is 19.8 Å². The third kappa shape index (κ3) is 4.71. The first-order valence-corrected chi connectivity index (χ1v) is 13.2. The van der Waals surface area contributed by atoms with E-state index >= 15 is 0 Å². The lowest BCUT2D eigenvalue weighted by Gasteiger charge is -2.36. The van der Waals surface area contributed by atoms with E-state index in [1.54, 1.807) is 17.9 Å². The van der Waals surface area contributed by atoms with Crippen LogP contribution < -0.4 is 5.32 Å². The molecule has 0 spiro atoms. The highest BCUT2D eigenvalue weighted by Crippen LogP contribution is 2.31. The fourth-order valence-corrected chi connectivity index (χ4v) is 5.44. The topological polar surface area (TPSA) is 108 Å². The zero-order valence-electron chi connectivity index (χ0n) is 21.6. The monoisotopic (exact) mass is 523 g/mol. The minimum Gasteiger partial charge on any atom is -0.450 e. The molecule has 0 saturated carbocycles. The molecule has 1 aromatic heterocycles. The maximum atomic E-state index is 13.5. The Morgan fingerprint density at radius 2 is 1.79 bits per heavy atom. The van der Waals surface area contributed by atoms with Gasteiger partial charge in [-0.05, 0) is 67.8 Å². The number of anilines is 1. The van der Waals surface area contributed by atoms with Crippen LogP contribution in [0.4, 0.5) is 10.5 Å². The lowest BCUT2D eigenvalue weighted by Crippen LogP contribution is -2.47. The molecular formula is C30H29N5O4. The number of para-hydroxylation sites is 2. The number of H-pyrrole nitrogens is 1. The number of carbonyl (C=O) groups excluding carboxylic acids is 3. The Kier molecular flexibility index (Phi) is 6.48. The number of likely N-dealkylation sites (tertiary alicyclic amines) is 1. The van der Waals surface area contributed by atoms with Crippen molar-refractivity contribution in [2.24, 2.45) is 0 Å². The molecule has 9 heteroatoms. The highest BCUT2D eigenvalue weighted by molar-refractivity contribution is 6.13. The number of rotatable bonds is 5. The van der Waals surface area contributed by atoms with Gasteiger partial charge in [-0.15, -0.1) is 0 Å². The summed E-state index contributed by atoms with van der Waals surface area (Å²) in [5.74, 6) is 0.301. The summed E-state index contributed by atoms with van der Waals surface area (Å²) >= 11 is 0. The van der Waals surface area contributed by atoms with E-state index in [1.165, 1.54) is 0 Å². The van der Waals surface area contributed by atoms with Crippen molar-refractivity contribution >= 4 is 34.6 Å². The molecule has 1 fully saturated rings. The third-order valence-corrected chi connectivity index (χ3v) is 7.45. The summed E-state index contributed by atoms with van der Waals surface area (Å²) < 4.78 is 5.10. The Morgan fingerprint density at radius 1 is 1.03 bits per heavy atom.